The van der Waals surface area contributed by atoms with Gasteiger partial charge in [-0.1, -0.05) is 33.6 Å². The van der Waals surface area contributed by atoms with Gasteiger partial charge in [0.1, 0.15) is 0 Å². The van der Waals surface area contributed by atoms with E-state index >= 15 is 0 Å². The Morgan fingerprint density at radius 2 is 1.88 bits per heavy atom. The molecule has 1 aliphatic carbocycles. The fourth-order valence-electron chi connectivity index (χ4n) is 3.01. The van der Waals surface area contributed by atoms with Crippen LogP contribution in [0.3, 0.4) is 0 Å². The lowest BCUT2D eigenvalue weighted by atomic mass is 9.78. The molecule has 2 N–H and O–H groups in total. The smallest absolute Gasteiger partial charge is 0.314 e. The van der Waals surface area contributed by atoms with Crippen LogP contribution in [0.15, 0.2) is 0 Å². The van der Waals surface area contributed by atoms with E-state index in [1.54, 1.807) is 0 Å². The van der Waals surface area contributed by atoms with Crippen molar-refractivity contribution in [1.82, 2.24) is 10.6 Å². The number of hydrogen-bond donors (Lipinski definition) is 2. The summed E-state index contributed by atoms with van der Waals surface area (Å²) in [7, 11) is 0. The third kappa shape index (κ3) is 4.97. The second kappa shape index (κ2) is 6.87. The van der Waals surface area contributed by atoms with Crippen molar-refractivity contribution in [3.63, 3.8) is 0 Å². The van der Waals surface area contributed by atoms with E-state index in [1.165, 1.54) is 32.1 Å². The Labute approximate surface area is 106 Å². The van der Waals surface area contributed by atoms with E-state index in [9.17, 15) is 4.79 Å². The number of rotatable bonds is 6. The number of amides is 2. The van der Waals surface area contributed by atoms with Crippen molar-refractivity contribution >= 4 is 6.03 Å². The van der Waals surface area contributed by atoms with E-state index in [2.05, 4.69) is 31.4 Å². The van der Waals surface area contributed by atoms with Gasteiger partial charge in [-0.3, -0.25) is 0 Å². The van der Waals surface area contributed by atoms with Crippen molar-refractivity contribution in [2.24, 2.45) is 11.3 Å². The molecule has 1 saturated carbocycles. The van der Waals surface area contributed by atoms with E-state index in [4.69, 9.17) is 0 Å². The van der Waals surface area contributed by atoms with E-state index in [-0.39, 0.29) is 6.03 Å². The number of carbonyl (C=O) groups is 1. The number of carbonyl (C=O) groups excluding carboxylic acids is 1. The van der Waals surface area contributed by atoms with Gasteiger partial charge in [0.2, 0.25) is 0 Å². The molecule has 0 radical (unpaired) electrons. The van der Waals surface area contributed by atoms with Gasteiger partial charge in [0.25, 0.3) is 0 Å². The summed E-state index contributed by atoms with van der Waals surface area (Å²) in [6.45, 7) is 8.23. The molecule has 0 unspecified atom stereocenters. The van der Waals surface area contributed by atoms with Crippen molar-refractivity contribution in [1.29, 1.82) is 0 Å². The molecular formula is C14H28N2O. The predicted molar refractivity (Wildman–Crippen MR) is 72.0 cm³/mol. The summed E-state index contributed by atoms with van der Waals surface area (Å²) in [6, 6.07) is 0.00174. The van der Waals surface area contributed by atoms with Gasteiger partial charge in [0.15, 0.2) is 0 Å². The molecule has 0 aliphatic heterocycles. The zero-order valence-electron chi connectivity index (χ0n) is 11.6. The topological polar surface area (TPSA) is 41.1 Å². The lowest BCUT2D eigenvalue weighted by molar-refractivity contribution is 0.209. The van der Waals surface area contributed by atoms with Crippen LogP contribution in [0.4, 0.5) is 4.79 Å². The van der Waals surface area contributed by atoms with Crippen molar-refractivity contribution in [2.75, 3.05) is 13.1 Å². The third-order valence-electron chi connectivity index (χ3n) is 3.66. The molecule has 0 saturated heterocycles. The van der Waals surface area contributed by atoms with Crippen LogP contribution in [-0.2, 0) is 0 Å². The van der Waals surface area contributed by atoms with E-state index < -0.39 is 0 Å². The third-order valence-corrected chi connectivity index (χ3v) is 3.66. The molecule has 2 amide bonds. The second-order valence-corrected chi connectivity index (χ2v) is 5.91. The molecule has 0 aromatic heterocycles. The van der Waals surface area contributed by atoms with Gasteiger partial charge in [-0.15, -0.1) is 0 Å². The van der Waals surface area contributed by atoms with Gasteiger partial charge < -0.3 is 10.6 Å². The fraction of sp³-hybridized carbons (Fsp3) is 0.929. The molecule has 0 atom stereocenters. The highest BCUT2D eigenvalue weighted by molar-refractivity contribution is 5.73. The predicted octanol–water partition coefficient (Wildman–Crippen LogP) is 3.30. The van der Waals surface area contributed by atoms with Crippen LogP contribution in [-0.4, -0.2) is 19.1 Å². The van der Waals surface area contributed by atoms with Gasteiger partial charge in [0, 0.05) is 13.1 Å². The van der Waals surface area contributed by atoms with E-state index in [0.717, 1.165) is 19.5 Å². The van der Waals surface area contributed by atoms with Gasteiger partial charge in [0.05, 0.1) is 0 Å². The molecule has 0 aromatic carbocycles. The molecule has 0 aromatic rings. The summed E-state index contributed by atoms with van der Waals surface area (Å²) in [5, 5.41) is 5.93. The number of nitrogens with one attached hydrogen (secondary N) is 2. The summed E-state index contributed by atoms with van der Waals surface area (Å²) in [5.41, 5.74) is 0.373. The first-order valence-corrected chi connectivity index (χ1v) is 7.10. The number of hydrogen-bond acceptors (Lipinski definition) is 1. The van der Waals surface area contributed by atoms with Gasteiger partial charge in [-0.25, -0.2) is 4.79 Å². The number of urea groups is 1. The molecule has 3 heteroatoms. The molecule has 1 fully saturated rings. The monoisotopic (exact) mass is 240 g/mol. The minimum absolute atomic E-state index is 0.00174. The second-order valence-electron chi connectivity index (χ2n) is 5.91. The standard InChI is InChI=1S/C14H28N2O/c1-4-9-15-13(17)16-11-14(10-12(2)3)7-5-6-8-14/h12H,4-11H2,1-3H3,(H2,15,16,17). The van der Waals surface area contributed by atoms with Crippen LogP contribution < -0.4 is 10.6 Å². The van der Waals surface area contributed by atoms with Crippen molar-refractivity contribution in [3.8, 4) is 0 Å². The molecule has 100 valence electrons. The first-order valence-electron chi connectivity index (χ1n) is 7.10. The Balaban J connectivity index is 2.36. The zero-order chi connectivity index (χ0) is 12.7. The molecule has 0 spiro atoms. The first-order chi connectivity index (χ1) is 8.08. The van der Waals surface area contributed by atoms with Crippen LogP contribution in [0, 0.1) is 11.3 Å². The van der Waals surface area contributed by atoms with Crippen LogP contribution in [0.25, 0.3) is 0 Å². The molecule has 0 bridgehead atoms. The summed E-state index contributed by atoms with van der Waals surface area (Å²) in [5.74, 6) is 0.716. The lowest BCUT2D eigenvalue weighted by Crippen LogP contribution is -2.42. The minimum atomic E-state index is 0.00174. The Kier molecular flexibility index (Phi) is 5.79. The molecular weight excluding hydrogens is 212 g/mol. The zero-order valence-corrected chi connectivity index (χ0v) is 11.6. The minimum Gasteiger partial charge on any atom is -0.338 e. The summed E-state index contributed by atoms with van der Waals surface area (Å²) >= 11 is 0. The maximum absolute atomic E-state index is 11.6. The molecule has 3 nitrogen and oxygen atoms in total. The largest absolute Gasteiger partial charge is 0.338 e. The highest BCUT2D eigenvalue weighted by Gasteiger charge is 2.34. The van der Waals surface area contributed by atoms with E-state index in [0.29, 0.717) is 11.3 Å². The summed E-state index contributed by atoms with van der Waals surface area (Å²) in [4.78, 5) is 11.6. The molecule has 17 heavy (non-hydrogen) atoms. The lowest BCUT2D eigenvalue weighted by Gasteiger charge is -2.31. The van der Waals surface area contributed by atoms with E-state index in [1.807, 2.05) is 0 Å². The Morgan fingerprint density at radius 1 is 1.24 bits per heavy atom. The Hall–Kier alpha value is -0.730. The van der Waals surface area contributed by atoms with Gasteiger partial charge in [-0.2, -0.15) is 0 Å². The molecule has 1 aliphatic rings. The van der Waals surface area contributed by atoms with Crippen LogP contribution >= 0.6 is 0 Å². The van der Waals surface area contributed by atoms with Crippen LogP contribution in [0.5, 0.6) is 0 Å². The molecule has 1 rings (SSSR count). The highest BCUT2D eigenvalue weighted by Crippen LogP contribution is 2.42. The normalized spacial score (nSPS) is 18.4. The Morgan fingerprint density at radius 3 is 2.41 bits per heavy atom. The maximum atomic E-state index is 11.6. The quantitative estimate of drug-likeness (QED) is 0.735. The van der Waals surface area contributed by atoms with Crippen molar-refractivity contribution < 1.29 is 4.79 Å². The average Bonchev–Trinajstić information content (AvgIpc) is 2.71. The van der Waals surface area contributed by atoms with Crippen LogP contribution in [0.1, 0.15) is 59.3 Å². The van der Waals surface area contributed by atoms with Gasteiger partial charge >= 0.3 is 6.03 Å². The van der Waals surface area contributed by atoms with Crippen molar-refractivity contribution in [2.45, 2.75) is 59.3 Å². The highest BCUT2D eigenvalue weighted by atomic mass is 16.2. The fourth-order valence-corrected chi connectivity index (χ4v) is 3.01. The Bertz CT molecular complexity index is 232. The van der Waals surface area contributed by atoms with Crippen LogP contribution in [0.2, 0.25) is 0 Å². The average molecular weight is 240 g/mol. The summed E-state index contributed by atoms with van der Waals surface area (Å²) in [6.07, 6.45) is 7.43. The molecule has 0 heterocycles. The first kappa shape index (κ1) is 14.3. The SMILES string of the molecule is CCCNC(=O)NCC1(CC(C)C)CCCC1. The summed E-state index contributed by atoms with van der Waals surface area (Å²) < 4.78 is 0. The van der Waals surface area contributed by atoms with Gasteiger partial charge in [-0.05, 0) is 37.0 Å². The van der Waals surface area contributed by atoms with Crippen molar-refractivity contribution in [3.05, 3.63) is 0 Å². The maximum Gasteiger partial charge on any atom is 0.314 e.